The van der Waals surface area contributed by atoms with Crippen molar-refractivity contribution in [1.29, 1.82) is 0 Å². The van der Waals surface area contributed by atoms with Gasteiger partial charge < -0.3 is 19.4 Å². The first-order chi connectivity index (χ1) is 13.8. The van der Waals surface area contributed by atoms with Gasteiger partial charge in [0.1, 0.15) is 6.54 Å². The Morgan fingerprint density at radius 3 is 1.97 bits per heavy atom. The summed E-state index contributed by atoms with van der Waals surface area (Å²) in [5.74, 6) is 1.20. The Hall–Kier alpha value is -1.34. The highest BCUT2D eigenvalue weighted by Gasteiger charge is 2.31. The predicted octanol–water partition coefficient (Wildman–Crippen LogP) is 2.86. The third kappa shape index (κ3) is 8.80. The highest BCUT2D eigenvalue weighted by molar-refractivity contribution is 5.84. The standard InChI is InChI=1S/C23H49N5O2/c1-13-18(3)21(19(14-2)30-12)28(11)20(29)17-24-22(25(7)8)26(9)15-16-27(10)23(4,5)6/h18-19,21H,13-17H2,1-12H3. The molecule has 0 saturated carbocycles. The normalized spacial score (nSPS) is 15.7. The Balaban J connectivity index is 5.28. The number of hydrogen-bond donors (Lipinski definition) is 0. The fourth-order valence-electron chi connectivity index (χ4n) is 3.54. The molecule has 0 spiro atoms. The zero-order valence-electron chi connectivity index (χ0n) is 21.8. The second-order valence-corrected chi connectivity index (χ2v) is 9.59. The molecule has 0 aromatic rings. The van der Waals surface area contributed by atoms with E-state index >= 15 is 0 Å². The molecule has 0 aliphatic heterocycles. The van der Waals surface area contributed by atoms with E-state index in [1.165, 1.54) is 0 Å². The molecule has 1 amide bonds. The first kappa shape index (κ1) is 28.7. The Bertz CT molecular complexity index is 526. The highest BCUT2D eigenvalue weighted by atomic mass is 16.5. The number of amides is 1. The quantitative estimate of drug-likeness (QED) is 0.375. The van der Waals surface area contributed by atoms with Gasteiger partial charge in [0, 0.05) is 53.9 Å². The molecule has 0 aromatic heterocycles. The summed E-state index contributed by atoms with van der Waals surface area (Å²) in [6.07, 6.45) is 1.90. The molecule has 0 fully saturated rings. The van der Waals surface area contributed by atoms with Gasteiger partial charge in [0.25, 0.3) is 0 Å². The molecule has 0 aliphatic carbocycles. The summed E-state index contributed by atoms with van der Waals surface area (Å²) in [5.41, 5.74) is 0.122. The van der Waals surface area contributed by atoms with Gasteiger partial charge in [0.05, 0.1) is 12.1 Å². The van der Waals surface area contributed by atoms with Crippen LogP contribution in [0.5, 0.6) is 0 Å². The molecule has 30 heavy (non-hydrogen) atoms. The lowest BCUT2D eigenvalue weighted by atomic mass is 9.91. The van der Waals surface area contributed by atoms with Gasteiger partial charge in [-0.15, -0.1) is 0 Å². The number of ether oxygens (including phenoxy) is 1. The summed E-state index contributed by atoms with van der Waals surface area (Å²) in [6.45, 7) is 15.0. The molecule has 3 atom stereocenters. The van der Waals surface area contributed by atoms with E-state index in [-0.39, 0.29) is 30.1 Å². The molecule has 0 bridgehead atoms. The third-order valence-corrected chi connectivity index (χ3v) is 6.17. The van der Waals surface area contributed by atoms with Crippen molar-refractivity contribution in [2.24, 2.45) is 10.9 Å². The Morgan fingerprint density at radius 1 is 1.00 bits per heavy atom. The lowest BCUT2D eigenvalue weighted by molar-refractivity contribution is -0.135. The monoisotopic (exact) mass is 427 g/mol. The molecule has 0 rings (SSSR count). The molecule has 0 saturated heterocycles. The average molecular weight is 428 g/mol. The van der Waals surface area contributed by atoms with E-state index in [9.17, 15) is 4.79 Å². The van der Waals surface area contributed by atoms with Crippen LogP contribution < -0.4 is 0 Å². The number of hydrogen-bond acceptors (Lipinski definition) is 4. The SMILES string of the molecule is CCC(C)C(C(CC)OC)N(C)C(=O)CN=C(N(C)C)N(C)CCN(C)C(C)(C)C. The van der Waals surface area contributed by atoms with E-state index < -0.39 is 0 Å². The number of methoxy groups -OCH3 is 1. The Kier molecular flexibility index (Phi) is 12.6. The van der Waals surface area contributed by atoms with Crippen molar-refractivity contribution >= 4 is 11.9 Å². The van der Waals surface area contributed by atoms with Crippen molar-refractivity contribution in [1.82, 2.24) is 19.6 Å². The first-order valence-electron chi connectivity index (χ1n) is 11.2. The second-order valence-electron chi connectivity index (χ2n) is 9.59. The smallest absolute Gasteiger partial charge is 0.244 e. The van der Waals surface area contributed by atoms with Crippen molar-refractivity contribution in [3.63, 3.8) is 0 Å². The van der Waals surface area contributed by atoms with Gasteiger partial charge in [-0.05, 0) is 40.2 Å². The number of likely N-dealkylation sites (N-methyl/N-ethyl adjacent to an activating group) is 3. The maximum absolute atomic E-state index is 13.0. The van der Waals surface area contributed by atoms with Crippen LogP contribution in [0.3, 0.4) is 0 Å². The lowest BCUT2D eigenvalue weighted by Crippen LogP contribution is -2.50. The predicted molar refractivity (Wildman–Crippen MR) is 128 cm³/mol. The largest absolute Gasteiger partial charge is 0.379 e. The minimum Gasteiger partial charge on any atom is -0.379 e. The van der Waals surface area contributed by atoms with Crippen LogP contribution in [-0.2, 0) is 9.53 Å². The van der Waals surface area contributed by atoms with Gasteiger partial charge in [-0.2, -0.15) is 0 Å². The maximum Gasteiger partial charge on any atom is 0.244 e. The molecule has 0 heterocycles. The molecule has 0 N–H and O–H groups in total. The molecule has 0 radical (unpaired) electrons. The molecule has 3 unspecified atom stereocenters. The fraction of sp³-hybridized carbons (Fsp3) is 0.913. The van der Waals surface area contributed by atoms with E-state index in [4.69, 9.17) is 4.74 Å². The summed E-state index contributed by atoms with van der Waals surface area (Å²) in [6, 6.07) is 0.0497. The second kappa shape index (κ2) is 13.2. The maximum atomic E-state index is 13.0. The minimum atomic E-state index is 0.0235. The first-order valence-corrected chi connectivity index (χ1v) is 11.2. The van der Waals surface area contributed by atoms with Gasteiger partial charge in [-0.3, -0.25) is 9.69 Å². The van der Waals surface area contributed by atoms with Crippen LogP contribution in [0.4, 0.5) is 0 Å². The van der Waals surface area contributed by atoms with Crippen molar-refractivity contribution in [3.05, 3.63) is 0 Å². The molecule has 0 aliphatic rings. The molecule has 7 nitrogen and oxygen atoms in total. The van der Waals surface area contributed by atoms with Crippen LogP contribution in [0.15, 0.2) is 4.99 Å². The van der Waals surface area contributed by atoms with E-state index in [0.717, 1.165) is 31.9 Å². The fourth-order valence-corrected chi connectivity index (χ4v) is 3.54. The van der Waals surface area contributed by atoms with Crippen LogP contribution in [0.2, 0.25) is 0 Å². The van der Waals surface area contributed by atoms with Crippen LogP contribution in [-0.4, -0.2) is 111 Å². The minimum absolute atomic E-state index is 0.0235. The van der Waals surface area contributed by atoms with Crippen LogP contribution in [0.25, 0.3) is 0 Å². The average Bonchev–Trinajstić information content (AvgIpc) is 2.67. The summed E-state index contributed by atoms with van der Waals surface area (Å²) >= 11 is 0. The van der Waals surface area contributed by atoms with E-state index in [1.54, 1.807) is 7.11 Å². The number of carbonyl (C=O) groups excluding carboxylic acids is 1. The van der Waals surface area contributed by atoms with Crippen LogP contribution in [0.1, 0.15) is 54.4 Å². The molecular formula is C23H49N5O2. The van der Waals surface area contributed by atoms with Crippen molar-refractivity contribution in [2.75, 3.05) is 62.0 Å². The molecule has 0 aromatic carbocycles. The third-order valence-electron chi connectivity index (χ3n) is 6.17. The van der Waals surface area contributed by atoms with Gasteiger partial charge in [0.2, 0.25) is 5.91 Å². The zero-order valence-corrected chi connectivity index (χ0v) is 21.8. The van der Waals surface area contributed by atoms with Crippen molar-refractivity contribution in [2.45, 2.75) is 72.1 Å². The summed E-state index contributed by atoms with van der Waals surface area (Å²) in [4.78, 5) is 25.9. The zero-order chi connectivity index (χ0) is 23.6. The topological polar surface area (TPSA) is 51.6 Å². The lowest BCUT2D eigenvalue weighted by Gasteiger charge is -2.37. The summed E-state index contributed by atoms with van der Waals surface area (Å²) in [5, 5.41) is 0. The van der Waals surface area contributed by atoms with E-state index in [0.29, 0.717) is 5.92 Å². The van der Waals surface area contributed by atoms with Crippen LogP contribution in [0, 0.1) is 5.92 Å². The highest BCUT2D eigenvalue weighted by Crippen LogP contribution is 2.21. The Morgan fingerprint density at radius 2 is 1.57 bits per heavy atom. The number of aliphatic imine (C=N–C) groups is 1. The Labute approximate surface area is 186 Å². The number of rotatable bonds is 11. The number of nitrogens with zero attached hydrogens (tertiary/aromatic N) is 5. The van der Waals surface area contributed by atoms with Crippen molar-refractivity contribution in [3.8, 4) is 0 Å². The van der Waals surface area contributed by atoms with Crippen molar-refractivity contribution < 1.29 is 9.53 Å². The summed E-state index contributed by atoms with van der Waals surface area (Å²) in [7, 11) is 11.7. The van der Waals surface area contributed by atoms with E-state index in [1.807, 2.05) is 38.0 Å². The van der Waals surface area contributed by atoms with Gasteiger partial charge in [-0.25, -0.2) is 4.99 Å². The molecule has 7 heteroatoms. The van der Waals surface area contributed by atoms with Gasteiger partial charge in [0.15, 0.2) is 5.96 Å². The number of guanidine groups is 1. The van der Waals surface area contributed by atoms with Gasteiger partial charge in [-0.1, -0.05) is 27.2 Å². The molecule has 178 valence electrons. The van der Waals surface area contributed by atoms with Gasteiger partial charge >= 0.3 is 0 Å². The molecular weight excluding hydrogens is 378 g/mol. The van der Waals surface area contributed by atoms with Crippen LogP contribution >= 0.6 is 0 Å². The van der Waals surface area contributed by atoms with E-state index in [2.05, 4.69) is 63.4 Å². The number of carbonyl (C=O) groups is 1. The summed E-state index contributed by atoms with van der Waals surface area (Å²) < 4.78 is 5.69.